The summed E-state index contributed by atoms with van der Waals surface area (Å²) in [5.74, 6) is 0.824. The van der Waals surface area contributed by atoms with Gasteiger partial charge in [0.15, 0.2) is 0 Å². The largest absolute Gasteiger partial charge is 0.485 e. The van der Waals surface area contributed by atoms with Crippen LogP contribution in [0.15, 0.2) is 24.3 Å². The molecule has 1 amide bonds. The normalized spacial score (nSPS) is 16.7. The molecule has 7 heteroatoms. The van der Waals surface area contributed by atoms with Gasteiger partial charge in [-0.15, -0.1) is 5.10 Å². The molecule has 1 atom stereocenters. The van der Waals surface area contributed by atoms with Crippen LogP contribution in [0.1, 0.15) is 22.3 Å². The van der Waals surface area contributed by atoms with Gasteiger partial charge in [-0.1, -0.05) is 16.6 Å². The molecule has 1 aromatic carbocycles. The van der Waals surface area contributed by atoms with Gasteiger partial charge in [-0.2, -0.15) is 0 Å². The van der Waals surface area contributed by atoms with E-state index >= 15 is 0 Å². The SMILES string of the molecule is CCN1C[C@@H](CN(C)C(=O)c2snnc2C)Oc2ccccc21. The molecule has 0 saturated heterocycles. The number of ether oxygens (including phenoxy) is 1. The van der Waals surface area contributed by atoms with Crippen LogP contribution in [0.2, 0.25) is 0 Å². The highest BCUT2D eigenvalue weighted by Gasteiger charge is 2.27. The number of likely N-dealkylation sites (N-methyl/N-ethyl adjacent to an activating group) is 2. The molecule has 0 saturated carbocycles. The summed E-state index contributed by atoms with van der Waals surface area (Å²) in [6, 6.07) is 8.02. The minimum atomic E-state index is -0.0556. The Morgan fingerprint density at radius 1 is 1.48 bits per heavy atom. The number of hydrogen-bond acceptors (Lipinski definition) is 6. The molecule has 122 valence electrons. The van der Waals surface area contributed by atoms with E-state index in [1.54, 1.807) is 18.9 Å². The van der Waals surface area contributed by atoms with Crippen molar-refractivity contribution >= 4 is 23.1 Å². The fourth-order valence-electron chi connectivity index (χ4n) is 2.76. The predicted molar refractivity (Wildman–Crippen MR) is 90.4 cm³/mol. The third-order valence-electron chi connectivity index (χ3n) is 3.98. The van der Waals surface area contributed by atoms with Crippen molar-refractivity contribution in [3.63, 3.8) is 0 Å². The first-order valence-corrected chi connectivity index (χ1v) is 8.42. The highest BCUT2D eigenvalue weighted by atomic mass is 32.1. The Labute approximate surface area is 139 Å². The fraction of sp³-hybridized carbons (Fsp3) is 0.438. The van der Waals surface area contributed by atoms with Gasteiger partial charge in [0, 0.05) is 13.6 Å². The number of carbonyl (C=O) groups excluding carboxylic acids is 1. The number of para-hydroxylation sites is 2. The van der Waals surface area contributed by atoms with Crippen molar-refractivity contribution in [3.8, 4) is 5.75 Å². The average molecular weight is 332 g/mol. The first kappa shape index (κ1) is 15.7. The van der Waals surface area contributed by atoms with E-state index in [-0.39, 0.29) is 12.0 Å². The van der Waals surface area contributed by atoms with Gasteiger partial charge in [0.25, 0.3) is 5.91 Å². The van der Waals surface area contributed by atoms with E-state index in [0.717, 1.165) is 36.1 Å². The number of amides is 1. The standard InChI is InChI=1S/C16H20N4O2S/c1-4-20-10-12(22-14-8-6-5-7-13(14)20)9-19(3)16(21)15-11(2)17-18-23-15/h5-8,12H,4,9-10H2,1-3H3/t12-/m1/s1. The van der Waals surface area contributed by atoms with Crippen molar-refractivity contribution in [2.75, 3.05) is 31.6 Å². The Hall–Kier alpha value is -2.15. The van der Waals surface area contributed by atoms with Gasteiger partial charge in [0.2, 0.25) is 0 Å². The first-order valence-electron chi connectivity index (χ1n) is 7.65. The third kappa shape index (κ3) is 3.14. The van der Waals surface area contributed by atoms with E-state index in [1.807, 2.05) is 18.2 Å². The van der Waals surface area contributed by atoms with Crippen molar-refractivity contribution in [1.29, 1.82) is 0 Å². The molecule has 1 aliphatic heterocycles. The number of anilines is 1. The number of nitrogens with zero attached hydrogens (tertiary/aromatic N) is 4. The highest BCUT2D eigenvalue weighted by Crippen LogP contribution is 2.32. The first-order chi connectivity index (χ1) is 11.1. The average Bonchev–Trinajstić information content (AvgIpc) is 2.99. The molecule has 0 fully saturated rings. The van der Waals surface area contributed by atoms with Gasteiger partial charge in [0.05, 0.1) is 24.5 Å². The molecule has 2 aromatic rings. The van der Waals surface area contributed by atoms with Crippen LogP contribution in [0.25, 0.3) is 0 Å². The van der Waals surface area contributed by atoms with Gasteiger partial charge in [-0.25, -0.2) is 0 Å². The molecule has 0 radical (unpaired) electrons. The summed E-state index contributed by atoms with van der Waals surface area (Å²) in [5.41, 5.74) is 1.79. The summed E-state index contributed by atoms with van der Waals surface area (Å²) in [6.07, 6.45) is -0.0556. The quantitative estimate of drug-likeness (QED) is 0.859. The zero-order valence-corrected chi connectivity index (χ0v) is 14.3. The highest BCUT2D eigenvalue weighted by molar-refractivity contribution is 7.07. The number of benzene rings is 1. The summed E-state index contributed by atoms with van der Waals surface area (Å²) < 4.78 is 9.90. The lowest BCUT2D eigenvalue weighted by Crippen LogP contribution is -2.46. The van der Waals surface area contributed by atoms with Crippen LogP contribution in [-0.4, -0.2) is 53.2 Å². The Balaban J connectivity index is 1.71. The minimum absolute atomic E-state index is 0.0528. The molecule has 6 nitrogen and oxygen atoms in total. The van der Waals surface area contributed by atoms with E-state index < -0.39 is 0 Å². The monoisotopic (exact) mass is 332 g/mol. The van der Waals surface area contributed by atoms with Gasteiger partial charge in [-0.05, 0) is 37.5 Å². The smallest absolute Gasteiger partial charge is 0.267 e. The van der Waals surface area contributed by atoms with E-state index in [9.17, 15) is 4.79 Å². The number of fused-ring (bicyclic) bond motifs is 1. The topological polar surface area (TPSA) is 58.6 Å². The Morgan fingerprint density at radius 3 is 2.96 bits per heavy atom. The second kappa shape index (κ2) is 6.54. The lowest BCUT2D eigenvalue weighted by Gasteiger charge is -2.37. The molecule has 0 bridgehead atoms. The third-order valence-corrected chi connectivity index (χ3v) is 4.79. The fourth-order valence-corrected chi connectivity index (χ4v) is 3.41. The molecule has 3 rings (SSSR count). The van der Waals surface area contributed by atoms with E-state index in [1.165, 1.54) is 0 Å². The van der Waals surface area contributed by atoms with Gasteiger partial charge in [0.1, 0.15) is 16.7 Å². The van der Waals surface area contributed by atoms with Crippen molar-refractivity contribution in [2.24, 2.45) is 0 Å². The Morgan fingerprint density at radius 2 is 2.26 bits per heavy atom. The number of aryl methyl sites for hydroxylation is 1. The van der Waals surface area contributed by atoms with E-state index in [0.29, 0.717) is 17.1 Å². The van der Waals surface area contributed by atoms with Crippen LogP contribution in [0.5, 0.6) is 5.75 Å². The zero-order chi connectivity index (χ0) is 16.4. The molecular weight excluding hydrogens is 312 g/mol. The molecule has 0 aliphatic carbocycles. The van der Waals surface area contributed by atoms with Gasteiger partial charge >= 0.3 is 0 Å². The van der Waals surface area contributed by atoms with E-state index in [2.05, 4.69) is 27.5 Å². The molecule has 23 heavy (non-hydrogen) atoms. The Bertz CT molecular complexity index is 703. The number of aromatic nitrogens is 2. The summed E-state index contributed by atoms with van der Waals surface area (Å²) in [6.45, 7) is 6.13. The summed E-state index contributed by atoms with van der Waals surface area (Å²) in [7, 11) is 1.79. The summed E-state index contributed by atoms with van der Waals surface area (Å²) in [5, 5.41) is 3.90. The molecule has 0 unspecified atom stereocenters. The lowest BCUT2D eigenvalue weighted by molar-refractivity contribution is 0.0713. The van der Waals surface area contributed by atoms with Crippen LogP contribution in [-0.2, 0) is 0 Å². The van der Waals surface area contributed by atoms with Crippen LogP contribution in [0.4, 0.5) is 5.69 Å². The van der Waals surface area contributed by atoms with Gasteiger partial charge < -0.3 is 14.5 Å². The number of hydrogen-bond donors (Lipinski definition) is 0. The Kier molecular flexibility index (Phi) is 4.47. The predicted octanol–water partition coefficient (Wildman–Crippen LogP) is 2.21. The number of carbonyl (C=O) groups is 1. The summed E-state index contributed by atoms with van der Waals surface area (Å²) in [4.78, 5) is 17.0. The zero-order valence-electron chi connectivity index (χ0n) is 13.5. The van der Waals surface area contributed by atoms with Crippen LogP contribution >= 0.6 is 11.5 Å². The van der Waals surface area contributed by atoms with Crippen molar-refractivity contribution in [3.05, 3.63) is 34.8 Å². The number of rotatable bonds is 4. The van der Waals surface area contributed by atoms with E-state index in [4.69, 9.17) is 4.74 Å². The molecular formula is C16H20N4O2S. The minimum Gasteiger partial charge on any atom is -0.485 e. The maximum absolute atomic E-state index is 12.5. The van der Waals surface area contributed by atoms with Crippen LogP contribution in [0, 0.1) is 6.92 Å². The molecule has 0 spiro atoms. The second-order valence-corrected chi connectivity index (χ2v) is 6.37. The maximum Gasteiger partial charge on any atom is 0.267 e. The summed E-state index contributed by atoms with van der Waals surface area (Å²) >= 11 is 1.14. The van der Waals surface area contributed by atoms with Crippen LogP contribution in [0.3, 0.4) is 0 Å². The van der Waals surface area contributed by atoms with Crippen LogP contribution < -0.4 is 9.64 Å². The second-order valence-electron chi connectivity index (χ2n) is 5.62. The molecule has 2 heterocycles. The molecule has 0 N–H and O–H groups in total. The molecule has 1 aromatic heterocycles. The maximum atomic E-state index is 12.5. The van der Waals surface area contributed by atoms with Crippen molar-refractivity contribution in [2.45, 2.75) is 20.0 Å². The van der Waals surface area contributed by atoms with Crippen molar-refractivity contribution in [1.82, 2.24) is 14.5 Å². The lowest BCUT2D eigenvalue weighted by atomic mass is 10.2. The van der Waals surface area contributed by atoms with Crippen molar-refractivity contribution < 1.29 is 9.53 Å². The molecule has 1 aliphatic rings. The van der Waals surface area contributed by atoms with Gasteiger partial charge in [-0.3, -0.25) is 4.79 Å².